The van der Waals surface area contributed by atoms with Gasteiger partial charge in [0, 0.05) is 23.3 Å². The van der Waals surface area contributed by atoms with Gasteiger partial charge in [-0.15, -0.1) is 0 Å². The van der Waals surface area contributed by atoms with Crippen molar-refractivity contribution in [2.75, 3.05) is 5.32 Å². The van der Waals surface area contributed by atoms with Gasteiger partial charge in [0.15, 0.2) is 5.60 Å². The van der Waals surface area contributed by atoms with E-state index < -0.39 is 11.5 Å². The van der Waals surface area contributed by atoms with Gasteiger partial charge in [0.2, 0.25) is 0 Å². The van der Waals surface area contributed by atoms with E-state index in [1.54, 1.807) is 13.8 Å². The lowest BCUT2D eigenvalue weighted by Gasteiger charge is -2.23. The first kappa shape index (κ1) is 21.4. The third kappa shape index (κ3) is 4.56. The second-order valence-electron chi connectivity index (χ2n) is 8.38. The second-order valence-corrected chi connectivity index (χ2v) is 8.38. The lowest BCUT2D eigenvalue weighted by Crippen LogP contribution is -2.43. The van der Waals surface area contributed by atoms with Crippen molar-refractivity contribution in [3.63, 3.8) is 0 Å². The maximum atomic E-state index is 11.6. The van der Waals surface area contributed by atoms with Gasteiger partial charge in [-0.2, -0.15) is 0 Å². The maximum absolute atomic E-state index is 11.6. The number of rotatable bonds is 7. The number of primary amides is 1. The molecule has 1 atom stereocenters. The Bertz CT molecular complexity index is 1280. The first-order valence-corrected chi connectivity index (χ1v) is 10.5. The summed E-state index contributed by atoms with van der Waals surface area (Å²) < 4.78 is 5.80. The lowest BCUT2D eigenvalue weighted by atomic mass is 10.1. The van der Waals surface area contributed by atoms with Gasteiger partial charge >= 0.3 is 0 Å². The maximum Gasteiger partial charge on any atom is 0.261 e. The lowest BCUT2D eigenvalue weighted by molar-refractivity contribution is -0.130. The number of H-pyrrole nitrogens is 1. The van der Waals surface area contributed by atoms with Crippen LogP contribution in [-0.2, 0) is 4.79 Å². The number of aromatic amines is 1. The normalized spacial score (nSPS) is 12.5. The molecule has 4 N–H and O–H groups in total. The molecule has 4 aromatic rings. The summed E-state index contributed by atoms with van der Waals surface area (Å²) in [5, 5.41) is 4.61. The number of aromatic nitrogens is 3. The molecular formula is C25H27N5O2. The van der Waals surface area contributed by atoms with Crippen LogP contribution in [0.5, 0.6) is 5.75 Å². The molecule has 0 radical (unpaired) electrons. The van der Waals surface area contributed by atoms with Crippen molar-refractivity contribution < 1.29 is 9.53 Å². The number of benzene rings is 2. The quantitative estimate of drug-likeness (QED) is 0.393. The van der Waals surface area contributed by atoms with Crippen molar-refractivity contribution >= 4 is 22.6 Å². The molecule has 32 heavy (non-hydrogen) atoms. The molecule has 2 aromatic heterocycles. The van der Waals surface area contributed by atoms with Crippen LogP contribution in [0, 0.1) is 6.92 Å². The zero-order valence-electron chi connectivity index (χ0n) is 18.6. The van der Waals surface area contributed by atoms with Crippen LogP contribution in [-0.4, -0.2) is 26.5 Å². The van der Waals surface area contributed by atoms with Gasteiger partial charge in [0.25, 0.3) is 5.91 Å². The van der Waals surface area contributed by atoms with Crippen LogP contribution in [0.4, 0.5) is 5.82 Å². The molecule has 0 fully saturated rings. The highest BCUT2D eigenvalue weighted by Gasteiger charge is 2.27. The predicted octanol–water partition coefficient (Wildman–Crippen LogP) is 4.75. The van der Waals surface area contributed by atoms with Crippen LogP contribution >= 0.6 is 0 Å². The Labute approximate surface area is 187 Å². The number of nitrogens with zero attached hydrogens (tertiary/aromatic N) is 2. The van der Waals surface area contributed by atoms with E-state index in [4.69, 9.17) is 10.5 Å². The monoisotopic (exact) mass is 429 g/mol. The van der Waals surface area contributed by atoms with E-state index in [0.29, 0.717) is 11.6 Å². The summed E-state index contributed by atoms with van der Waals surface area (Å²) in [7, 11) is 0. The average Bonchev–Trinajstić information content (AvgIpc) is 3.21. The van der Waals surface area contributed by atoms with Crippen molar-refractivity contribution in [3.8, 4) is 17.0 Å². The Balaban J connectivity index is 1.56. The Morgan fingerprint density at radius 3 is 2.72 bits per heavy atom. The topological polar surface area (TPSA) is 106 Å². The summed E-state index contributed by atoms with van der Waals surface area (Å²) in [6.07, 6.45) is 1.93. The molecular weight excluding hydrogens is 402 g/mol. The fourth-order valence-corrected chi connectivity index (χ4v) is 3.49. The van der Waals surface area contributed by atoms with Gasteiger partial charge in [-0.3, -0.25) is 4.79 Å². The number of carbonyl (C=O) groups is 1. The number of fused-ring (bicyclic) bond motifs is 1. The van der Waals surface area contributed by atoms with Crippen LogP contribution < -0.4 is 15.8 Å². The van der Waals surface area contributed by atoms with Crippen molar-refractivity contribution in [2.45, 2.75) is 39.3 Å². The summed E-state index contributed by atoms with van der Waals surface area (Å²) in [5.41, 5.74) is 8.27. The number of amides is 1. The van der Waals surface area contributed by atoms with E-state index in [1.165, 1.54) is 0 Å². The number of aryl methyl sites for hydroxylation is 1. The molecule has 1 amide bonds. The van der Waals surface area contributed by atoms with Crippen LogP contribution in [0.2, 0.25) is 0 Å². The standard InChI is InChI=1S/C25H27N5O2/c1-15(18-6-5-7-20(12-18)32-25(3,4)24(26)31)28-23-14-22(29-16(2)30-23)19-9-8-17-10-11-27-21(17)13-19/h5-15,27H,1-4H3,(H2,26,31)(H,28,29,30). The molecule has 4 rings (SSSR count). The van der Waals surface area contributed by atoms with E-state index in [2.05, 4.69) is 38.5 Å². The van der Waals surface area contributed by atoms with E-state index in [9.17, 15) is 4.79 Å². The average molecular weight is 430 g/mol. The minimum Gasteiger partial charge on any atom is -0.478 e. The van der Waals surface area contributed by atoms with Crippen LogP contribution in [0.25, 0.3) is 22.2 Å². The zero-order valence-corrected chi connectivity index (χ0v) is 18.6. The van der Waals surface area contributed by atoms with Crippen molar-refractivity contribution in [2.24, 2.45) is 5.73 Å². The van der Waals surface area contributed by atoms with Gasteiger partial charge in [0.1, 0.15) is 17.4 Å². The molecule has 2 heterocycles. The van der Waals surface area contributed by atoms with Gasteiger partial charge in [-0.05, 0) is 62.9 Å². The van der Waals surface area contributed by atoms with Gasteiger partial charge in [0.05, 0.1) is 11.7 Å². The van der Waals surface area contributed by atoms with Crippen molar-refractivity contribution in [1.82, 2.24) is 15.0 Å². The number of nitrogens with two attached hydrogens (primary N) is 1. The number of carbonyl (C=O) groups excluding carboxylic acids is 1. The van der Waals surface area contributed by atoms with E-state index >= 15 is 0 Å². The highest BCUT2D eigenvalue weighted by molar-refractivity contribution is 5.84. The summed E-state index contributed by atoms with van der Waals surface area (Å²) in [5.74, 6) is 1.48. The summed E-state index contributed by atoms with van der Waals surface area (Å²) >= 11 is 0. The molecule has 0 spiro atoms. The zero-order chi connectivity index (χ0) is 22.9. The second kappa shape index (κ2) is 8.34. The first-order valence-electron chi connectivity index (χ1n) is 10.5. The van der Waals surface area contributed by atoms with Crippen molar-refractivity contribution in [3.05, 3.63) is 72.2 Å². The fourth-order valence-electron chi connectivity index (χ4n) is 3.49. The van der Waals surface area contributed by atoms with Gasteiger partial charge in [-0.25, -0.2) is 9.97 Å². The highest BCUT2D eigenvalue weighted by Crippen LogP contribution is 2.27. The SMILES string of the molecule is Cc1nc(NC(C)c2cccc(OC(C)(C)C(N)=O)c2)cc(-c2ccc3cc[nH]c3c2)n1. The molecule has 0 aliphatic heterocycles. The summed E-state index contributed by atoms with van der Waals surface area (Å²) in [6.45, 7) is 7.23. The van der Waals surface area contributed by atoms with E-state index in [0.717, 1.165) is 33.5 Å². The third-order valence-corrected chi connectivity index (χ3v) is 5.38. The molecule has 1 unspecified atom stereocenters. The molecule has 0 aliphatic carbocycles. The fraction of sp³-hybridized carbons (Fsp3) is 0.240. The van der Waals surface area contributed by atoms with Crippen molar-refractivity contribution in [1.29, 1.82) is 0 Å². The number of ether oxygens (including phenoxy) is 1. The van der Waals surface area contributed by atoms with Crippen LogP contribution in [0.1, 0.15) is 38.2 Å². The summed E-state index contributed by atoms with van der Waals surface area (Å²) in [6, 6.07) is 17.8. The number of hydrogen-bond donors (Lipinski definition) is 3. The Hall–Kier alpha value is -3.87. The first-order chi connectivity index (χ1) is 15.2. The van der Waals surface area contributed by atoms with Gasteiger partial charge in [-0.1, -0.05) is 24.3 Å². The minimum absolute atomic E-state index is 0.0525. The molecule has 7 heteroatoms. The highest BCUT2D eigenvalue weighted by atomic mass is 16.5. The smallest absolute Gasteiger partial charge is 0.261 e. The Kier molecular flexibility index (Phi) is 5.57. The molecule has 7 nitrogen and oxygen atoms in total. The van der Waals surface area contributed by atoms with Crippen LogP contribution in [0.3, 0.4) is 0 Å². The molecule has 2 aromatic carbocycles. The Morgan fingerprint density at radius 1 is 1.12 bits per heavy atom. The van der Waals surface area contributed by atoms with E-state index in [1.807, 2.05) is 56.4 Å². The molecule has 0 bridgehead atoms. The molecule has 0 aliphatic rings. The number of anilines is 1. The minimum atomic E-state index is -1.09. The number of hydrogen-bond acceptors (Lipinski definition) is 5. The Morgan fingerprint density at radius 2 is 1.94 bits per heavy atom. The van der Waals surface area contributed by atoms with E-state index in [-0.39, 0.29) is 6.04 Å². The largest absolute Gasteiger partial charge is 0.478 e. The predicted molar refractivity (Wildman–Crippen MR) is 126 cm³/mol. The van der Waals surface area contributed by atoms with Gasteiger partial charge < -0.3 is 20.8 Å². The molecule has 0 saturated carbocycles. The molecule has 0 saturated heterocycles. The van der Waals surface area contributed by atoms with Crippen LogP contribution in [0.15, 0.2) is 60.8 Å². The molecule has 164 valence electrons. The number of nitrogens with one attached hydrogen (secondary N) is 2. The summed E-state index contributed by atoms with van der Waals surface area (Å²) in [4.78, 5) is 24.0. The third-order valence-electron chi connectivity index (χ3n) is 5.38.